The molecule has 0 bridgehead atoms. The number of phenols is 1. The predicted octanol–water partition coefficient (Wildman–Crippen LogP) is 4.05. The lowest BCUT2D eigenvalue weighted by atomic mass is 10.1. The highest BCUT2D eigenvalue weighted by Crippen LogP contribution is 2.32. The van der Waals surface area contributed by atoms with Gasteiger partial charge in [0.15, 0.2) is 17.3 Å². The zero-order valence-corrected chi connectivity index (χ0v) is 15.3. The molecule has 0 saturated carbocycles. The summed E-state index contributed by atoms with van der Waals surface area (Å²) in [5.74, 6) is 0.598. The number of carbonyl (C=O) groups excluding carboxylic acids is 2. The third-order valence-electron chi connectivity index (χ3n) is 4.29. The lowest BCUT2D eigenvalue weighted by Gasteiger charge is -2.09. The monoisotopic (exact) mass is 387 g/mol. The molecule has 4 aromatic rings. The Labute approximate surface area is 166 Å². The fourth-order valence-corrected chi connectivity index (χ4v) is 2.86. The molecule has 0 unspecified atom stereocenters. The van der Waals surface area contributed by atoms with Crippen LogP contribution in [0.1, 0.15) is 16.2 Å². The van der Waals surface area contributed by atoms with E-state index in [4.69, 9.17) is 4.74 Å². The van der Waals surface area contributed by atoms with Gasteiger partial charge in [-0.2, -0.15) is 0 Å². The van der Waals surface area contributed by atoms with Crippen LogP contribution in [0.15, 0.2) is 66.7 Å². The third-order valence-corrected chi connectivity index (χ3v) is 4.29. The molecular weight excluding hydrogens is 370 g/mol. The van der Waals surface area contributed by atoms with Gasteiger partial charge in [-0.1, -0.05) is 18.2 Å². The summed E-state index contributed by atoms with van der Waals surface area (Å²) in [5.41, 5.74) is 2.79. The maximum absolute atomic E-state index is 12.4. The number of fused-ring (bicyclic) bond motifs is 1. The first-order valence-electron chi connectivity index (χ1n) is 8.92. The Kier molecular flexibility index (Phi) is 4.94. The minimum atomic E-state index is -0.349. The van der Waals surface area contributed by atoms with Gasteiger partial charge in [-0.25, -0.2) is 4.98 Å². The molecule has 0 radical (unpaired) electrons. The Morgan fingerprint density at radius 2 is 1.90 bits per heavy atom. The number of para-hydroxylation sites is 2. The van der Waals surface area contributed by atoms with Crippen molar-refractivity contribution < 1.29 is 19.4 Å². The molecule has 0 atom stereocenters. The number of aromatic hydroxyl groups is 1. The number of benzene rings is 3. The molecule has 4 rings (SSSR count). The normalized spacial score (nSPS) is 10.6. The van der Waals surface area contributed by atoms with Crippen molar-refractivity contribution >= 4 is 28.9 Å². The van der Waals surface area contributed by atoms with Crippen LogP contribution in [0, 0.1) is 0 Å². The molecular formula is C22H17N3O4. The van der Waals surface area contributed by atoms with Gasteiger partial charge in [0.05, 0.1) is 11.0 Å². The number of aromatic nitrogens is 2. The number of aldehydes is 1. The average Bonchev–Trinajstić information content (AvgIpc) is 3.16. The number of phenolic OH excluding ortho intramolecular Hbond substituents is 1. The van der Waals surface area contributed by atoms with E-state index in [2.05, 4.69) is 15.3 Å². The van der Waals surface area contributed by atoms with Gasteiger partial charge in [-0.15, -0.1) is 0 Å². The second kappa shape index (κ2) is 7.85. The molecule has 7 nitrogen and oxygen atoms in total. The highest BCUT2D eigenvalue weighted by molar-refractivity contribution is 6.03. The summed E-state index contributed by atoms with van der Waals surface area (Å²) in [7, 11) is 0. The van der Waals surface area contributed by atoms with Gasteiger partial charge in [-0.3, -0.25) is 4.79 Å². The zero-order valence-electron chi connectivity index (χ0n) is 15.3. The Balaban J connectivity index is 1.43. The van der Waals surface area contributed by atoms with Gasteiger partial charge in [-0.05, 0) is 54.1 Å². The van der Waals surface area contributed by atoms with E-state index in [1.165, 1.54) is 6.07 Å². The second-order valence-corrected chi connectivity index (χ2v) is 6.36. The van der Waals surface area contributed by atoms with E-state index < -0.39 is 0 Å². The topological polar surface area (TPSA) is 104 Å². The zero-order chi connectivity index (χ0) is 20.2. The van der Waals surface area contributed by atoms with Crippen molar-refractivity contribution in [1.82, 2.24) is 9.97 Å². The molecule has 1 heterocycles. The number of H-pyrrole nitrogens is 1. The van der Waals surface area contributed by atoms with Gasteiger partial charge in [0.2, 0.25) is 0 Å². The fourth-order valence-electron chi connectivity index (χ4n) is 2.86. The summed E-state index contributed by atoms with van der Waals surface area (Å²) in [6.45, 7) is 0. The number of rotatable bonds is 6. The predicted molar refractivity (Wildman–Crippen MR) is 108 cm³/mol. The summed E-state index contributed by atoms with van der Waals surface area (Å²) in [4.78, 5) is 30.2. The number of nitrogens with zero attached hydrogens (tertiary/aromatic N) is 1. The summed E-state index contributed by atoms with van der Waals surface area (Å²) >= 11 is 0. The van der Waals surface area contributed by atoms with Crippen LogP contribution < -0.4 is 10.1 Å². The minimum absolute atomic E-state index is 0.0494. The fraction of sp³-hybridized carbons (Fsp3) is 0.0455. The van der Waals surface area contributed by atoms with E-state index >= 15 is 0 Å². The number of nitrogens with one attached hydrogen (secondary N) is 2. The van der Waals surface area contributed by atoms with Crippen LogP contribution in [-0.2, 0) is 11.2 Å². The molecule has 144 valence electrons. The van der Waals surface area contributed by atoms with Gasteiger partial charge >= 0.3 is 0 Å². The smallest absolute Gasteiger partial charge is 0.291 e. The van der Waals surface area contributed by atoms with E-state index in [0.29, 0.717) is 17.0 Å². The molecule has 0 saturated heterocycles. The Morgan fingerprint density at radius 3 is 2.62 bits per heavy atom. The van der Waals surface area contributed by atoms with E-state index in [9.17, 15) is 14.7 Å². The van der Waals surface area contributed by atoms with Crippen LogP contribution in [0.5, 0.6) is 17.2 Å². The molecule has 0 spiro atoms. The average molecular weight is 387 g/mol. The largest absolute Gasteiger partial charge is 0.504 e. The van der Waals surface area contributed by atoms with Gasteiger partial charge in [0, 0.05) is 12.1 Å². The number of amides is 1. The second-order valence-electron chi connectivity index (χ2n) is 6.36. The number of carbonyl (C=O) groups is 2. The molecule has 1 aromatic heterocycles. The molecule has 0 aliphatic carbocycles. The van der Waals surface area contributed by atoms with E-state index in [1.54, 1.807) is 36.4 Å². The molecule has 0 aliphatic rings. The number of aromatic amines is 1. The van der Waals surface area contributed by atoms with Gasteiger partial charge < -0.3 is 24.9 Å². The van der Waals surface area contributed by atoms with Crippen molar-refractivity contribution in [2.45, 2.75) is 6.42 Å². The van der Waals surface area contributed by atoms with Crippen LogP contribution in [-0.4, -0.2) is 27.3 Å². The maximum Gasteiger partial charge on any atom is 0.291 e. The summed E-state index contributed by atoms with van der Waals surface area (Å²) in [6, 6.07) is 18.9. The molecule has 0 fully saturated rings. The van der Waals surface area contributed by atoms with E-state index in [1.807, 2.05) is 24.3 Å². The van der Waals surface area contributed by atoms with Crippen molar-refractivity contribution in [3.8, 4) is 17.2 Å². The van der Waals surface area contributed by atoms with Crippen molar-refractivity contribution in [2.24, 2.45) is 0 Å². The van der Waals surface area contributed by atoms with Gasteiger partial charge in [0.25, 0.3) is 5.91 Å². The number of anilines is 1. The van der Waals surface area contributed by atoms with Gasteiger partial charge in [0.1, 0.15) is 12.0 Å². The number of hydrogen-bond donors (Lipinski definition) is 3. The summed E-state index contributed by atoms with van der Waals surface area (Å²) in [6.07, 6.45) is 1.00. The molecule has 29 heavy (non-hydrogen) atoms. The highest BCUT2D eigenvalue weighted by atomic mass is 16.5. The number of imidazole rings is 1. The molecule has 7 heteroatoms. The van der Waals surface area contributed by atoms with Crippen LogP contribution in [0.2, 0.25) is 0 Å². The van der Waals surface area contributed by atoms with Crippen LogP contribution in [0.25, 0.3) is 11.0 Å². The lowest BCUT2D eigenvalue weighted by Crippen LogP contribution is -2.13. The molecule has 3 N–H and O–H groups in total. The van der Waals surface area contributed by atoms with Crippen molar-refractivity contribution in [3.63, 3.8) is 0 Å². The standard InChI is InChI=1S/C22H17N3O4/c26-12-11-14-5-10-20(19(27)13-14)29-16-8-6-15(7-9-16)23-22(28)21-24-17-3-1-2-4-18(17)25-21/h1-10,12-13,27H,11H2,(H,23,28)(H,24,25). The van der Waals surface area contributed by atoms with Crippen LogP contribution in [0.4, 0.5) is 5.69 Å². The summed E-state index contributed by atoms with van der Waals surface area (Å²) < 4.78 is 5.66. The molecule has 1 amide bonds. The molecule has 3 aromatic carbocycles. The van der Waals surface area contributed by atoms with Crippen molar-refractivity contribution in [2.75, 3.05) is 5.32 Å². The minimum Gasteiger partial charge on any atom is -0.504 e. The molecule has 0 aliphatic heterocycles. The van der Waals surface area contributed by atoms with Crippen LogP contribution >= 0.6 is 0 Å². The Morgan fingerprint density at radius 1 is 1.10 bits per heavy atom. The van der Waals surface area contributed by atoms with E-state index in [0.717, 1.165) is 17.3 Å². The van der Waals surface area contributed by atoms with Crippen molar-refractivity contribution in [1.29, 1.82) is 0 Å². The first-order chi connectivity index (χ1) is 14.1. The highest BCUT2D eigenvalue weighted by Gasteiger charge is 2.12. The van der Waals surface area contributed by atoms with Crippen molar-refractivity contribution in [3.05, 3.63) is 78.1 Å². The first-order valence-corrected chi connectivity index (χ1v) is 8.92. The quantitative estimate of drug-likeness (QED) is 0.433. The Bertz CT molecular complexity index is 1150. The summed E-state index contributed by atoms with van der Waals surface area (Å²) in [5, 5.41) is 12.8. The Hall–Kier alpha value is -4.13. The lowest BCUT2D eigenvalue weighted by molar-refractivity contribution is -0.107. The first kappa shape index (κ1) is 18.2. The van der Waals surface area contributed by atoms with Crippen LogP contribution in [0.3, 0.4) is 0 Å². The maximum atomic E-state index is 12.4. The number of hydrogen-bond acceptors (Lipinski definition) is 5. The van der Waals surface area contributed by atoms with E-state index in [-0.39, 0.29) is 29.7 Å². The number of ether oxygens (including phenoxy) is 1. The SMILES string of the molecule is O=CCc1ccc(Oc2ccc(NC(=O)c3nc4ccccc4[nH]3)cc2)c(O)c1. The third kappa shape index (κ3) is 4.08.